The van der Waals surface area contributed by atoms with E-state index < -0.39 is 11.4 Å². The first-order chi connectivity index (χ1) is 13.0. The summed E-state index contributed by atoms with van der Waals surface area (Å²) in [4.78, 5) is 14.3. The van der Waals surface area contributed by atoms with Crippen molar-refractivity contribution in [1.82, 2.24) is 4.90 Å². The minimum atomic E-state index is -0.617. The first-order valence-corrected chi connectivity index (χ1v) is 9.72. The maximum absolute atomic E-state index is 12.0. The van der Waals surface area contributed by atoms with Crippen LogP contribution >= 0.6 is 0 Å². The Morgan fingerprint density at radius 1 is 1.30 bits per heavy atom. The molecule has 1 aliphatic carbocycles. The number of carboxylic acids is 1. The summed E-state index contributed by atoms with van der Waals surface area (Å²) in [7, 11) is 1.70. The van der Waals surface area contributed by atoms with Crippen LogP contribution in [-0.2, 0) is 11.3 Å². The summed E-state index contributed by atoms with van der Waals surface area (Å²) in [5, 5.41) is 9.83. The van der Waals surface area contributed by atoms with Crippen LogP contribution in [0.25, 0.3) is 11.1 Å². The molecular formula is C23H27NO3. The number of methoxy groups -OCH3 is 1. The van der Waals surface area contributed by atoms with E-state index in [1.807, 2.05) is 6.07 Å². The van der Waals surface area contributed by atoms with E-state index in [9.17, 15) is 9.90 Å². The maximum Gasteiger partial charge on any atom is 0.311 e. The number of nitrogens with zero attached hydrogens (tertiary/aromatic N) is 1. The van der Waals surface area contributed by atoms with Crippen molar-refractivity contribution < 1.29 is 14.6 Å². The smallest absolute Gasteiger partial charge is 0.311 e. The number of ether oxygens (including phenoxy) is 1. The molecule has 2 fully saturated rings. The Bertz CT molecular complexity index is 862. The van der Waals surface area contributed by atoms with E-state index >= 15 is 0 Å². The number of fused-ring (bicyclic) bond motifs is 1. The summed E-state index contributed by atoms with van der Waals surface area (Å²) in [6.07, 6.45) is 2.88. The molecule has 27 heavy (non-hydrogen) atoms. The molecule has 0 amide bonds. The van der Waals surface area contributed by atoms with Crippen molar-refractivity contribution >= 4 is 5.97 Å². The van der Waals surface area contributed by atoms with Crippen LogP contribution in [0, 0.1) is 18.3 Å². The number of rotatable bonds is 5. The average molecular weight is 365 g/mol. The van der Waals surface area contributed by atoms with Gasteiger partial charge in [0.05, 0.1) is 12.5 Å². The predicted octanol–water partition coefficient (Wildman–Crippen LogP) is 4.36. The Kier molecular flexibility index (Phi) is 4.68. The fraction of sp³-hybridized carbons (Fsp3) is 0.435. The zero-order valence-electron chi connectivity index (χ0n) is 16.1. The van der Waals surface area contributed by atoms with Gasteiger partial charge in [-0.2, -0.15) is 0 Å². The molecular weight excluding hydrogens is 338 g/mol. The zero-order chi connectivity index (χ0) is 19.0. The summed E-state index contributed by atoms with van der Waals surface area (Å²) in [6, 6.07) is 14.7. The van der Waals surface area contributed by atoms with Crippen molar-refractivity contribution in [2.45, 2.75) is 32.7 Å². The van der Waals surface area contributed by atoms with E-state index in [1.54, 1.807) is 7.11 Å². The molecule has 1 heterocycles. The van der Waals surface area contributed by atoms with Gasteiger partial charge in [-0.3, -0.25) is 9.69 Å². The second-order valence-corrected chi connectivity index (χ2v) is 8.06. The van der Waals surface area contributed by atoms with Crippen molar-refractivity contribution in [2.75, 3.05) is 20.2 Å². The van der Waals surface area contributed by atoms with E-state index in [1.165, 1.54) is 16.7 Å². The lowest BCUT2D eigenvalue weighted by molar-refractivity contribution is -0.149. The van der Waals surface area contributed by atoms with Gasteiger partial charge in [0.1, 0.15) is 5.75 Å². The molecule has 142 valence electrons. The molecule has 2 aromatic carbocycles. The van der Waals surface area contributed by atoms with Crippen molar-refractivity contribution in [1.29, 1.82) is 0 Å². The van der Waals surface area contributed by atoms with Crippen molar-refractivity contribution in [3.63, 3.8) is 0 Å². The number of benzene rings is 2. The van der Waals surface area contributed by atoms with Crippen molar-refractivity contribution in [3.05, 3.63) is 53.6 Å². The molecule has 0 radical (unpaired) electrons. The van der Waals surface area contributed by atoms with Crippen LogP contribution in [0.1, 0.15) is 30.4 Å². The molecule has 2 aromatic rings. The first-order valence-electron chi connectivity index (χ1n) is 9.72. The molecule has 1 saturated heterocycles. The van der Waals surface area contributed by atoms with E-state index in [0.717, 1.165) is 43.7 Å². The van der Waals surface area contributed by atoms with Gasteiger partial charge in [-0.25, -0.2) is 0 Å². The van der Waals surface area contributed by atoms with Crippen LogP contribution in [0.5, 0.6) is 5.75 Å². The third kappa shape index (κ3) is 3.12. The van der Waals surface area contributed by atoms with Crippen LogP contribution in [-0.4, -0.2) is 36.2 Å². The van der Waals surface area contributed by atoms with Crippen LogP contribution in [0.15, 0.2) is 42.5 Å². The highest BCUT2D eigenvalue weighted by Gasteiger charge is 2.54. The van der Waals surface area contributed by atoms with Gasteiger partial charge in [0.2, 0.25) is 0 Å². The highest BCUT2D eigenvalue weighted by Crippen LogP contribution is 2.49. The van der Waals surface area contributed by atoms with Gasteiger partial charge in [-0.15, -0.1) is 0 Å². The second-order valence-electron chi connectivity index (χ2n) is 8.06. The van der Waals surface area contributed by atoms with Gasteiger partial charge in [-0.1, -0.05) is 36.8 Å². The summed E-state index contributed by atoms with van der Waals surface area (Å²) >= 11 is 0. The Morgan fingerprint density at radius 2 is 2.11 bits per heavy atom. The molecule has 1 aliphatic heterocycles. The summed E-state index contributed by atoms with van der Waals surface area (Å²) in [6.45, 7) is 4.36. The van der Waals surface area contributed by atoms with E-state index in [2.05, 4.69) is 48.2 Å². The lowest BCUT2D eigenvalue weighted by Crippen LogP contribution is -2.35. The Balaban J connectivity index is 1.61. The highest BCUT2D eigenvalue weighted by atomic mass is 16.5. The predicted molar refractivity (Wildman–Crippen MR) is 106 cm³/mol. The fourth-order valence-corrected chi connectivity index (χ4v) is 5.07. The quantitative estimate of drug-likeness (QED) is 0.855. The summed E-state index contributed by atoms with van der Waals surface area (Å²) in [5.41, 5.74) is 4.23. The topological polar surface area (TPSA) is 49.8 Å². The second kappa shape index (κ2) is 7.01. The van der Waals surface area contributed by atoms with Gasteiger partial charge in [0.15, 0.2) is 0 Å². The van der Waals surface area contributed by atoms with Gasteiger partial charge in [-0.05, 0) is 54.5 Å². The van der Waals surface area contributed by atoms with Crippen LogP contribution in [0.3, 0.4) is 0 Å². The lowest BCUT2D eigenvalue weighted by Gasteiger charge is -2.24. The average Bonchev–Trinajstić information content (AvgIpc) is 3.20. The van der Waals surface area contributed by atoms with Gasteiger partial charge >= 0.3 is 5.97 Å². The number of carbonyl (C=O) groups is 1. The zero-order valence-corrected chi connectivity index (χ0v) is 16.1. The first kappa shape index (κ1) is 18.1. The Labute approximate surface area is 160 Å². The molecule has 4 rings (SSSR count). The largest absolute Gasteiger partial charge is 0.496 e. The number of carboxylic acid groups (broad SMARTS) is 1. The number of aryl methyl sites for hydroxylation is 1. The van der Waals surface area contributed by atoms with Crippen LogP contribution in [0.4, 0.5) is 0 Å². The molecule has 1 saturated carbocycles. The van der Waals surface area contributed by atoms with Gasteiger partial charge in [0, 0.05) is 25.2 Å². The molecule has 1 N–H and O–H groups in total. The molecule has 0 unspecified atom stereocenters. The third-order valence-electron chi connectivity index (χ3n) is 6.50. The summed E-state index contributed by atoms with van der Waals surface area (Å²) in [5.74, 6) is 0.530. The number of likely N-dealkylation sites (tertiary alicyclic amines) is 1. The number of hydrogen-bond acceptors (Lipinski definition) is 3. The minimum absolute atomic E-state index is 0.278. The Morgan fingerprint density at radius 3 is 2.81 bits per heavy atom. The van der Waals surface area contributed by atoms with Gasteiger partial charge in [0.25, 0.3) is 0 Å². The maximum atomic E-state index is 12.0. The van der Waals surface area contributed by atoms with E-state index in [4.69, 9.17) is 4.74 Å². The monoisotopic (exact) mass is 365 g/mol. The highest BCUT2D eigenvalue weighted by molar-refractivity contribution is 5.76. The Hall–Kier alpha value is -2.33. The fourth-order valence-electron chi connectivity index (χ4n) is 5.07. The molecule has 2 atom stereocenters. The van der Waals surface area contributed by atoms with Crippen molar-refractivity contribution in [3.8, 4) is 16.9 Å². The third-order valence-corrected chi connectivity index (χ3v) is 6.50. The molecule has 0 aromatic heterocycles. The number of aliphatic carboxylic acids is 1. The molecule has 0 bridgehead atoms. The molecule has 4 nitrogen and oxygen atoms in total. The van der Waals surface area contributed by atoms with E-state index in [-0.39, 0.29) is 5.92 Å². The van der Waals surface area contributed by atoms with Gasteiger partial charge < -0.3 is 9.84 Å². The van der Waals surface area contributed by atoms with Crippen LogP contribution < -0.4 is 4.74 Å². The molecule has 4 heteroatoms. The standard InChI is InChI=1S/C23H27NO3/c1-16-6-3-4-8-20(16)17-9-10-21(27-2)18(12-17)13-24-14-19-7-5-11-23(19,15-24)22(25)26/h3-4,6,8-10,12,19H,5,7,11,13-15H2,1-2H3,(H,25,26)/t19-,23+/m0/s1. The van der Waals surface area contributed by atoms with Crippen LogP contribution in [0.2, 0.25) is 0 Å². The van der Waals surface area contributed by atoms with E-state index in [0.29, 0.717) is 6.54 Å². The SMILES string of the molecule is COc1ccc(-c2ccccc2C)cc1CN1C[C@@H]2CCC[C@@]2(C(=O)O)C1. The minimum Gasteiger partial charge on any atom is -0.496 e. The number of hydrogen-bond donors (Lipinski definition) is 1. The summed E-state index contributed by atoms with van der Waals surface area (Å²) < 4.78 is 5.60. The molecule has 0 spiro atoms. The molecule has 2 aliphatic rings. The normalized spacial score (nSPS) is 24.7. The van der Waals surface area contributed by atoms with Crippen molar-refractivity contribution in [2.24, 2.45) is 11.3 Å². The lowest BCUT2D eigenvalue weighted by atomic mass is 9.81.